The molecular formula is C11H25N3O2S. The Morgan fingerprint density at radius 3 is 2.41 bits per heavy atom. The van der Waals surface area contributed by atoms with Crippen molar-refractivity contribution >= 4 is 9.84 Å². The summed E-state index contributed by atoms with van der Waals surface area (Å²) in [6.07, 6.45) is 0.768. The van der Waals surface area contributed by atoms with Crippen LogP contribution >= 0.6 is 0 Å². The Morgan fingerprint density at radius 1 is 1.18 bits per heavy atom. The van der Waals surface area contributed by atoms with E-state index < -0.39 is 9.84 Å². The van der Waals surface area contributed by atoms with Crippen LogP contribution in [0.5, 0.6) is 0 Å². The van der Waals surface area contributed by atoms with Crippen LogP contribution in [0, 0.1) is 0 Å². The Bertz CT molecular complexity index is 317. The Labute approximate surface area is 105 Å². The van der Waals surface area contributed by atoms with Gasteiger partial charge in [-0.25, -0.2) is 8.42 Å². The molecular weight excluding hydrogens is 238 g/mol. The SMILES string of the molecule is CN(C)CCN(C)CCNC1CCS(=O)(=O)C1. The second kappa shape index (κ2) is 6.68. The molecule has 0 amide bonds. The summed E-state index contributed by atoms with van der Waals surface area (Å²) in [6, 6.07) is 0.169. The number of hydrogen-bond acceptors (Lipinski definition) is 5. The highest BCUT2D eigenvalue weighted by Gasteiger charge is 2.26. The van der Waals surface area contributed by atoms with E-state index in [-0.39, 0.29) is 6.04 Å². The molecule has 6 heteroatoms. The first kappa shape index (κ1) is 14.9. The van der Waals surface area contributed by atoms with Gasteiger partial charge in [0.1, 0.15) is 0 Å². The quantitative estimate of drug-likeness (QED) is 0.655. The van der Waals surface area contributed by atoms with Crippen molar-refractivity contribution in [3.63, 3.8) is 0 Å². The fourth-order valence-corrected chi connectivity index (χ4v) is 3.61. The number of rotatable bonds is 7. The van der Waals surface area contributed by atoms with Gasteiger partial charge in [-0.2, -0.15) is 0 Å². The van der Waals surface area contributed by atoms with E-state index >= 15 is 0 Å². The second-order valence-electron chi connectivity index (χ2n) is 5.16. The molecule has 0 aliphatic carbocycles. The molecule has 1 atom stereocenters. The third-order valence-corrected chi connectivity index (χ3v) is 4.86. The lowest BCUT2D eigenvalue weighted by molar-refractivity contribution is 0.279. The van der Waals surface area contributed by atoms with Crippen LogP contribution in [0.4, 0.5) is 0 Å². The topological polar surface area (TPSA) is 52.6 Å². The molecule has 0 spiro atoms. The minimum atomic E-state index is -2.75. The van der Waals surface area contributed by atoms with E-state index in [0.717, 1.165) is 32.6 Å². The average molecular weight is 263 g/mol. The Balaban J connectivity index is 2.08. The standard InChI is InChI=1S/C11H25N3O2S/c1-13(2)7-8-14(3)6-5-12-11-4-9-17(15,16)10-11/h11-12H,4-10H2,1-3H3. The predicted molar refractivity (Wildman–Crippen MR) is 71.1 cm³/mol. The van der Waals surface area contributed by atoms with Crippen molar-refractivity contribution in [2.75, 3.05) is 58.8 Å². The molecule has 102 valence electrons. The third kappa shape index (κ3) is 6.35. The monoisotopic (exact) mass is 263 g/mol. The lowest BCUT2D eigenvalue weighted by atomic mass is 10.2. The summed E-state index contributed by atoms with van der Waals surface area (Å²) in [5.74, 6) is 0.662. The fraction of sp³-hybridized carbons (Fsp3) is 1.00. The Hall–Kier alpha value is -0.170. The highest BCUT2D eigenvalue weighted by Crippen LogP contribution is 2.10. The van der Waals surface area contributed by atoms with Crippen LogP contribution in [0.2, 0.25) is 0 Å². The summed E-state index contributed by atoms with van der Waals surface area (Å²) in [6.45, 7) is 3.92. The number of nitrogens with zero attached hydrogens (tertiary/aromatic N) is 2. The van der Waals surface area contributed by atoms with Gasteiger partial charge in [0, 0.05) is 32.2 Å². The zero-order valence-corrected chi connectivity index (χ0v) is 12.0. The summed E-state index contributed by atoms with van der Waals surface area (Å²) in [4.78, 5) is 4.42. The van der Waals surface area contributed by atoms with E-state index in [1.54, 1.807) is 0 Å². The maximum atomic E-state index is 11.3. The number of hydrogen-bond donors (Lipinski definition) is 1. The predicted octanol–water partition coefficient (Wildman–Crippen LogP) is -0.743. The van der Waals surface area contributed by atoms with Gasteiger partial charge in [-0.1, -0.05) is 0 Å². The summed E-state index contributed by atoms with van der Waals surface area (Å²) < 4.78 is 22.5. The van der Waals surface area contributed by atoms with E-state index in [2.05, 4.69) is 36.3 Å². The van der Waals surface area contributed by atoms with Crippen LogP contribution in [0.1, 0.15) is 6.42 Å². The largest absolute Gasteiger partial charge is 0.312 e. The number of nitrogens with one attached hydrogen (secondary N) is 1. The fourth-order valence-electron chi connectivity index (χ4n) is 1.90. The van der Waals surface area contributed by atoms with Gasteiger partial charge in [0.15, 0.2) is 9.84 Å². The summed E-state index contributed by atoms with van der Waals surface area (Å²) in [5.41, 5.74) is 0. The smallest absolute Gasteiger partial charge is 0.151 e. The molecule has 0 aromatic carbocycles. The van der Waals surface area contributed by atoms with Crippen LogP contribution in [-0.2, 0) is 9.84 Å². The van der Waals surface area contributed by atoms with E-state index in [1.165, 1.54) is 0 Å². The molecule has 1 aliphatic heterocycles. The maximum Gasteiger partial charge on any atom is 0.151 e. The first-order valence-electron chi connectivity index (χ1n) is 6.16. The molecule has 1 fully saturated rings. The summed E-state index contributed by atoms with van der Waals surface area (Å²) >= 11 is 0. The molecule has 1 heterocycles. The molecule has 1 rings (SSSR count). The van der Waals surface area contributed by atoms with Crippen LogP contribution in [0.15, 0.2) is 0 Å². The zero-order valence-electron chi connectivity index (χ0n) is 11.1. The van der Waals surface area contributed by atoms with Gasteiger partial charge >= 0.3 is 0 Å². The highest BCUT2D eigenvalue weighted by atomic mass is 32.2. The average Bonchev–Trinajstić information content (AvgIpc) is 2.55. The van der Waals surface area contributed by atoms with Crippen molar-refractivity contribution in [2.24, 2.45) is 0 Å². The maximum absolute atomic E-state index is 11.3. The van der Waals surface area contributed by atoms with Crippen LogP contribution in [-0.4, -0.2) is 83.1 Å². The van der Waals surface area contributed by atoms with Gasteiger partial charge < -0.3 is 15.1 Å². The normalized spacial score (nSPS) is 23.7. The van der Waals surface area contributed by atoms with E-state index in [0.29, 0.717) is 11.5 Å². The minimum Gasteiger partial charge on any atom is -0.312 e. The van der Waals surface area contributed by atoms with Crippen LogP contribution in [0.25, 0.3) is 0 Å². The number of likely N-dealkylation sites (N-methyl/N-ethyl adjacent to an activating group) is 2. The molecule has 1 unspecified atom stereocenters. The van der Waals surface area contributed by atoms with Crippen molar-refractivity contribution in [1.29, 1.82) is 0 Å². The van der Waals surface area contributed by atoms with Gasteiger partial charge in [-0.15, -0.1) is 0 Å². The van der Waals surface area contributed by atoms with Crippen LogP contribution < -0.4 is 5.32 Å². The van der Waals surface area contributed by atoms with Gasteiger partial charge in [-0.3, -0.25) is 0 Å². The molecule has 0 aromatic heterocycles. The van der Waals surface area contributed by atoms with Gasteiger partial charge in [0.2, 0.25) is 0 Å². The zero-order chi connectivity index (χ0) is 12.9. The molecule has 17 heavy (non-hydrogen) atoms. The Morgan fingerprint density at radius 2 is 1.88 bits per heavy atom. The summed E-state index contributed by atoms with van der Waals surface area (Å²) in [5, 5.41) is 3.32. The molecule has 1 aliphatic rings. The second-order valence-corrected chi connectivity index (χ2v) is 7.39. The van der Waals surface area contributed by atoms with E-state index in [9.17, 15) is 8.42 Å². The molecule has 0 saturated carbocycles. The van der Waals surface area contributed by atoms with Gasteiger partial charge in [0.05, 0.1) is 11.5 Å². The first-order valence-corrected chi connectivity index (χ1v) is 7.98. The number of sulfone groups is 1. The van der Waals surface area contributed by atoms with Crippen molar-refractivity contribution < 1.29 is 8.42 Å². The minimum absolute atomic E-state index is 0.169. The van der Waals surface area contributed by atoms with Crippen molar-refractivity contribution in [3.05, 3.63) is 0 Å². The van der Waals surface area contributed by atoms with Crippen molar-refractivity contribution in [2.45, 2.75) is 12.5 Å². The Kier molecular flexibility index (Phi) is 5.85. The molecule has 0 radical (unpaired) electrons. The van der Waals surface area contributed by atoms with Crippen molar-refractivity contribution in [3.8, 4) is 0 Å². The molecule has 0 bridgehead atoms. The molecule has 0 aromatic rings. The van der Waals surface area contributed by atoms with Gasteiger partial charge in [0.25, 0.3) is 0 Å². The van der Waals surface area contributed by atoms with Crippen molar-refractivity contribution in [1.82, 2.24) is 15.1 Å². The molecule has 1 saturated heterocycles. The van der Waals surface area contributed by atoms with Crippen LogP contribution in [0.3, 0.4) is 0 Å². The highest BCUT2D eigenvalue weighted by molar-refractivity contribution is 7.91. The summed E-state index contributed by atoms with van der Waals surface area (Å²) in [7, 11) is 3.47. The third-order valence-electron chi connectivity index (χ3n) is 3.09. The van der Waals surface area contributed by atoms with Gasteiger partial charge in [-0.05, 0) is 27.6 Å². The lowest BCUT2D eigenvalue weighted by Gasteiger charge is -2.20. The van der Waals surface area contributed by atoms with E-state index in [4.69, 9.17) is 0 Å². The molecule has 1 N–H and O–H groups in total. The van der Waals surface area contributed by atoms with E-state index in [1.807, 2.05) is 0 Å². The first-order chi connectivity index (χ1) is 7.89. The molecule has 5 nitrogen and oxygen atoms in total. The lowest BCUT2D eigenvalue weighted by Crippen LogP contribution is -2.38.